The molecule has 1 aliphatic rings. The number of fused-ring (bicyclic) bond motifs is 1. The molecule has 5 heteroatoms. The van der Waals surface area contributed by atoms with Crippen molar-refractivity contribution in [2.75, 3.05) is 6.61 Å². The van der Waals surface area contributed by atoms with E-state index in [0.29, 0.717) is 22.8 Å². The molecule has 0 aliphatic carbocycles. The van der Waals surface area contributed by atoms with Crippen LogP contribution in [0, 0.1) is 0 Å². The molecule has 18 heavy (non-hydrogen) atoms. The van der Waals surface area contributed by atoms with Gasteiger partial charge in [0.15, 0.2) is 12.4 Å². The molecule has 1 aromatic carbocycles. The summed E-state index contributed by atoms with van der Waals surface area (Å²) in [5.41, 5.74) is 6.29. The first kappa shape index (κ1) is 12.2. The summed E-state index contributed by atoms with van der Waals surface area (Å²) in [5, 5.41) is 0. The predicted molar refractivity (Wildman–Crippen MR) is 64.5 cm³/mol. The number of carbonyl (C=O) groups excluding carboxylic acids is 2. The number of allylic oxidation sites excluding steroid dienone is 2. The zero-order chi connectivity index (χ0) is 13.3. The van der Waals surface area contributed by atoms with E-state index in [1.807, 2.05) is 13.8 Å². The second-order valence-corrected chi connectivity index (χ2v) is 4.17. The summed E-state index contributed by atoms with van der Waals surface area (Å²) >= 11 is 0. The number of hydrogen-bond acceptors (Lipinski definition) is 4. The Morgan fingerprint density at radius 3 is 2.72 bits per heavy atom. The Labute approximate surface area is 104 Å². The van der Waals surface area contributed by atoms with Gasteiger partial charge in [-0.05, 0) is 31.6 Å². The lowest BCUT2D eigenvalue weighted by atomic mass is 10.1. The summed E-state index contributed by atoms with van der Waals surface area (Å²) in [7, 11) is 0. The molecule has 1 heterocycles. The Morgan fingerprint density at radius 1 is 1.39 bits per heavy atom. The highest BCUT2D eigenvalue weighted by molar-refractivity contribution is 6.12. The monoisotopic (exact) mass is 247 g/mol. The Balaban J connectivity index is 2.27. The van der Waals surface area contributed by atoms with Crippen LogP contribution in [0.15, 0.2) is 29.5 Å². The SMILES string of the molecule is CC(C)=C1Oc2cc(OCC(N)=O)ccc2C1=O. The van der Waals surface area contributed by atoms with Crippen molar-refractivity contribution in [2.24, 2.45) is 5.73 Å². The van der Waals surface area contributed by atoms with E-state index in [1.165, 1.54) is 0 Å². The van der Waals surface area contributed by atoms with Crippen molar-refractivity contribution in [3.63, 3.8) is 0 Å². The fourth-order valence-corrected chi connectivity index (χ4v) is 1.63. The molecule has 94 valence electrons. The van der Waals surface area contributed by atoms with Gasteiger partial charge < -0.3 is 15.2 Å². The number of ether oxygens (including phenoxy) is 2. The average Bonchev–Trinajstić information content (AvgIpc) is 2.64. The van der Waals surface area contributed by atoms with Gasteiger partial charge in [-0.25, -0.2) is 0 Å². The molecule has 2 rings (SSSR count). The quantitative estimate of drug-likeness (QED) is 0.819. The second-order valence-electron chi connectivity index (χ2n) is 4.17. The van der Waals surface area contributed by atoms with Crippen LogP contribution in [0.3, 0.4) is 0 Å². The summed E-state index contributed by atoms with van der Waals surface area (Å²) in [6.45, 7) is 3.41. The van der Waals surface area contributed by atoms with Gasteiger partial charge in [0, 0.05) is 6.07 Å². The van der Waals surface area contributed by atoms with Crippen LogP contribution in [-0.4, -0.2) is 18.3 Å². The third kappa shape index (κ3) is 2.20. The molecule has 1 aliphatic heterocycles. The number of carbonyl (C=O) groups is 2. The van der Waals surface area contributed by atoms with Crippen molar-refractivity contribution in [1.82, 2.24) is 0 Å². The van der Waals surface area contributed by atoms with E-state index >= 15 is 0 Å². The standard InChI is InChI=1S/C13H13NO4/c1-7(2)13-12(16)9-4-3-8(5-10(9)18-13)17-6-11(14)15/h3-5H,6H2,1-2H3,(H2,14,15). The Kier molecular flexibility index (Phi) is 3.06. The maximum atomic E-state index is 11.9. The van der Waals surface area contributed by atoms with E-state index in [4.69, 9.17) is 15.2 Å². The lowest BCUT2D eigenvalue weighted by Crippen LogP contribution is -2.19. The van der Waals surface area contributed by atoms with Gasteiger partial charge in [-0.15, -0.1) is 0 Å². The van der Waals surface area contributed by atoms with Gasteiger partial charge >= 0.3 is 0 Å². The average molecular weight is 247 g/mol. The van der Waals surface area contributed by atoms with E-state index < -0.39 is 5.91 Å². The molecule has 0 unspecified atom stereocenters. The number of hydrogen-bond donors (Lipinski definition) is 1. The minimum Gasteiger partial charge on any atom is -0.484 e. The molecule has 5 nitrogen and oxygen atoms in total. The molecule has 2 N–H and O–H groups in total. The highest BCUT2D eigenvalue weighted by Crippen LogP contribution is 2.35. The summed E-state index contributed by atoms with van der Waals surface area (Å²) in [6.07, 6.45) is 0. The van der Waals surface area contributed by atoms with Crippen LogP contribution >= 0.6 is 0 Å². The number of Topliss-reactive ketones (excluding diaryl/α,β-unsaturated/α-hetero) is 1. The number of nitrogens with two attached hydrogens (primary N) is 1. The Hall–Kier alpha value is -2.30. The zero-order valence-electron chi connectivity index (χ0n) is 10.1. The molecule has 0 bridgehead atoms. The third-order valence-electron chi connectivity index (χ3n) is 2.45. The minimum atomic E-state index is -0.558. The van der Waals surface area contributed by atoms with Gasteiger partial charge in [0.2, 0.25) is 5.78 Å². The Morgan fingerprint density at radius 2 is 2.11 bits per heavy atom. The number of benzene rings is 1. The predicted octanol–water partition coefficient (Wildman–Crippen LogP) is 1.42. The fourth-order valence-electron chi connectivity index (χ4n) is 1.63. The van der Waals surface area contributed by atoms with Crippen LogP contribution in [0.25, 0.3) is 0 Å². The first-order valence-corrected chi connectivity index (χ1v) is 5.44. The maximum Gasteiger partial charge on any atom is 0.255 e. The second kappa shape index (κ2) is 4.52. The van der Waals surface area contributed by atoms with Gasteiger partial charge in [0.05, 0.1) is 5.56 Å². The molecular formula is C13H13NO4. The van der Waals surface area contributed by atoms with E-state index in [2.05, 4.69) is 0 Å². The molecule has 0 saturated heterocycles. The highest BCUT2D eigenvalue weighted by atomic mass is 16.5. The summed E-state index contributed by atoms with van der Waals surface area (Å²) in [4.78, 5) is 22.5. The summed E-state index contributed by atoms with van der Waals surface area (Å²) < 4.78 is 10.6. The number of ketones is 1. The van der Waals surface area contributed by atoms with E-state index in [0.717, 1.165) is 5.57 Å². The van der Waals surface area contributed by atoms with Gasteiger partial charge in [0.1, 0.15) is 11.5 Å². The van der Waals surface area contributed by atoms with E-state index in [1.54, 1.807) is 18.2 Å². The summed E-state index contributed by atoms with van der Waals surface area (Å²) in [6, 6.07) is 4.80. The molecular weight excluding hydrogens is 234 g/mol. The van der Waals surface area contributed by atoms with Crippen molar-refractivity contribution < 1.29 is 19.1 Å². The Bertz CT molecular complexity index is 556. The number of primary amides is 1. The van der Waals surface area contributed by atoms with Gasteiger partial charge in [-0.2, -0.15) is 0 Å². The van der Waals surface area contributed by atoms with Crippen LogP contribution in [-0.2, 0) is 4.79 Å². The van der Waals surface area contributed by atoms with Crippen molar-refractivity contribution in [1.29, 1.82) is 0 Å². The molecule has 0 aromatic heterocycles. The van der Waals surface area contributed by atoms with Crippen LogP contribution in [0.2, 0.25) is 0 Å². The molecule has 1 amide bonds. The topological polar surface area (TPSA) is 78.6 Å². The maximum absolute atomic E-state index is 11.9. The largest absolute Gasteiger partial charge is 0.484 e. The van der Waals surface area contributed by atoms with Crippen molar-refractivity contribution in [2.45, 2.75) is 13.8 Å². The highest BCUT2D eigenvalue weighted by Gasteiger charge is 2.28. The smallest absolute Gasteiger partial charge is 0.255 e. The molecule has 0 fully saturated rings. The minimum absolute atomic E-state index is 0.133. The van der Waals surface area contributed by atoms with Gasteiger partial charge in [-0.3, -0.25) is 9.59 Å². The molecule has 1 aromatic rings. The number of amides is 1. The van der Waals surface area contributed by atoms with Gasteiger partial charge in [0.25, 0.3) is 5.91 Å². The number of rotatable bonds is 3. The lowest BCUT2D eigenvalue weighted by Gasteiger charge is -2.04. The summed E-state index contributed by atoms with van der Waals surface area (Å²) in [5.74, 6) is 0.537. The fraction of sp³-hybridized carbons (Fsp3) is 0.231. The van der Waals surface area contributed by atoms with Crippen LogP contribution in [0.4, 0.5) is 0 Å². The molecule has 0 spiro atoms. The van der Waals surface area contributed by atoms with Gasteiger partial charge in [-0.1, -0.05) is 0 Å². The normalized spacial score (nSPS) is 13.0. The first-order chi connectivity index (χ1) is 8.49. The van der Waals surface area contributed by atoms with Crippen LogP contribution in [0.5, 0.6) is 11.5 Å². The van der Waals surface area contributed by atoms with Crippen LogP contribution in [0.1, 0.15) is 24.2 Å². The lowest BCUT2D eigenvalue weighted by molar-refractivity contribution is -0.119. The first-order valence-electron chi connectivity index (χ1n) is 5.44. The van der Waals surface area contributed by atoms with E-state index in [-0.39, 0.29) is 12.4 Å². The van der Waals surface area contributed by atoms with Crippen molar-refractivity contribution >= 4 is 11.7 Å². The van der Waals surface area contributed by atoms with Crippen LogP contribution < -0.4 is 15.2 Å². The molecule has 0 saturated carbocycles. The van der Waals surface area contributed by atoms with Crippen molar-refractivity contribution in [3.05, 3.63) is 35.1 Å². The van der Waals surface area contributed by atoms with Crippen molar-refractivity contribution in [3.8, 4) is 11.5 Å². The third-order valence-corrected chi connectivity index (χ3v) is 2.45. The zero-order valence-corrected chi connectivity index (χ0v) is 10.1. The molecule has 0 atom stereocenters. The molecule has 0 radical (unpaired) electrons. The van der Waals surface area contributed by atoms with E-state index in [9.17, 15) is 9.59 Å².